The number of nitrogens with zero attached hydrogens (tertiary/aromatic N) is 1. The third kappa shape index (κ3) is 60.2. The van der Waals surface area contributed by atoms with Crippen LogP contribution in [0.4, 0.5) is 0 Å². The molecule has 0 bridgehead atoms. The number of hydrogen-bond donors (Lipinski definition) is 1. The van der Waals surface area contributed by atoms with Crippen molar-refractivity contribution in [3.05, 3.63) is 72.9 Å². The summed E-state index contributed by atoms with van der Waals surface area (Å²) in [6.07, 6.45) is 74.3. The quantitative estimate of drug-likeness (QED) is 0.0211. The summed E-state index contributed by atoms with van der Waals surface area (Å²) in [7, 11) is 5.97. The Hall–Kier alpha value is -3.27. The average molecular weight is 1080 g/mol. The van der Waals surface area contributed by atoms with E-state index in [1.54, 1.807) is 0 Å². The lowest BCUT2D eigenvalue weighted by atomic mass is 10.0. The van der Waals surface area contributed by atoms with Gasteiger partial charge in [-0.25, -0.2) is 4.79 Å². The van der Waals surface area contributed by atoms with Crippen LogP contribution in [0.15, 0.2) is 72.9 Å². The number of carboxylic acid groups (broad SMARTS) is 1. The molecule has 0 saturated heterocycles. The molecule has 9 nitrogen and oxygen atoms in total. The number of hydrogen-bond acceptors (Lipinski definition) is 7. The minimum Gasteiger partial charge on any atom is -0.477 e. The molecule has 9 heteroatoms. The normalized spacial score (nSPS) is 13.2. The number of quaternary nitrogens is 1. The maximum Gasteiger partial charge on any atom is 0.361 e. The molecule has 0 radical (unpaired) electrons. The van der Waals surface area contributed by atoms with E-state index in [1.165, 1.54) is 186 Å². The Morgan fingerprint density at radius 3 is 1.12 bits per heavy atom. The summed E-state index contributed by atoms with van der Waals surface area (Å²) in [5, 5.41) is 9.72. The van der Waals surface area contributed by atoms with Crippen LogP contribution in [0.25, 0.3) is 0 Å². The van der Waals surface area contributed by atoms with Gasteiger partial charge in [0.05, 0.1) is 34.4 Å². The number of aliphatic carboxylic acids is 1. The van der Waals surface area contributed by atoms with Crippen molar-refractivity contribution in [2.24, 2.45) is 0 Å². The predicted molar refractivity (Wildman–Crippen MR) is 327 cm³/mol. The van der Waals surface area contributed by atoms with Gasteiger partial charge in [0.2, 0.25) is 0 Å². The van der Waals surface area contributed by atoms with Gasteiger partial charge < -0.3 is 28.5 Å². The minimum atomic E-state index is -1.51. The second-order valence-electron chi connectivity index (χ2n) is 22.7. The fourth-order valence-electron chi connectivity index (χ4n) is 9.04. The summed E-state index contributed by atoms with van der Waals surface area (Å²) in [4.78, 5) is 37.5. The molecule has 0 aromatic carbocycles. The lowest BCUT2D eigenvalue weighted by Crippen LogP contribution is -2.40. The standard InChI is InChI=1S/C68H121NO8/c1-6-8-10-12-14-16-18-20-22-24-25-26-27-28-29-30-31-32-33-34-35-36-37-38-39-40-41-43-45-47-49-51-53-55-57-59-66(71)77-64(63-76-68(67(72)73)74-61-60-69(3,4)5)62-75-65(70)58-56-54-52-50-48-46-44-42-23-21-19-17-15-13-11-9-7-2/h8,10,14,16,20-23,25-26,28-29,64,68H,6-7,9,11-13,15,17-19,24,27,30-63H2,1-5H3/p+1/b10-8-,16-14-,22-20-,23-21-,26-25-,29-28-. The molecule has 0 aliphatic carbocycles. The van der Waals surface area contributed by atoms with E-state index in [0.717, 1.165) is 70.6 Å². The van der Waals surface area contributed by atoms with Gasteiger partial charge in [0, 0.05) is 12.8 Å². The molecule has 0 aliphatic rings. The monoisotopic (exact) mass is 1080 g/mol. The van der Waals surface area contributed by atoms with Gasteiger partial charge in [-0.05, 0) is 83.5 Å². The number of unbranched alkanes of at least 4 members (excludes halogenated alkanes) is 32. The highest BCUT2D eigenvalue weighted by Crippen LogP contribution is 2.17. The number of ether oxygens (including phenoxy) is 4. The first kappa shape index (κ1) is 73.7. The summed E-state index contributed by atoms with van der Waals surface area (Å²) >= 11 is 0. The molecule has 0 heterocycles. The molecule has 2 unspecified atom stereocenters. The van der Waals surface area contributed by atoms with Crippen molar-refractivity contribution in [3.8, 4) is 0 Å². The van der Waals surface area contributed by atoms with E-state index >= 15 is 0 Å². The van der Waals surface area contributed by atoms with Crippen molar-refractivity contribution in [1.29, 1.82) is 0 Å². The van der Waals surface area contributed by atoms with Crippen molar-refractivity contribution in [3.63, 3.8) is 0 Å². The highest BCUT2D eigenvalue weighted by molar-refractivity contribution is 5.71. The summed E-state index contributed by atoms with van der Waals surface area (Å²) in [5.41, 5.74) is 0. The number of esters is 2. The number of carbonyl (C=O) groups excluding carboxylic acids is 2. The van der Waals surface area contributed by atoms with E-state index in [-0.39, 0.29) is 32.2 Å². The highest BCUT2D eigenvalue weighted by Gasteiger charge is 2.25. The Morgan fingerprint density at radius 2 is 0.740 bits per heavy atom. The maximum absolute atomic E-state index is 12.9. The third-order valence-electron chi connectivity index (χ3n) is 13.9. The van der Waals surface area contributed by atoms with Crippen molar-refractivity contribution in [1.82, 2.24) is 0 Å². The van der Waals surface area contributed by atoms with E-state index < -0.39 is 24.3 Å². The molecule has 0 fully saturated rings. The zero-order chi connectivity index (χ0) is 56.2. The minimum absolute atomic E-state index is 0.183. The largest absolute Gasteiger partial charge is 0.477 e. The number of carbonyl (C=O) groups is 3. The summed E-state index contributed by atoms with van der Waals surface area (Å²) in [6.45, 7) is 4.78. The Morgan fingerprint density at radius 1 is 0.403 bits per heavy atom. The molecule has 0 amide bonds. The molecule has 77 heavy (non-hydrogen) atoms. The number of carboxylic acids is 1. The van der Waals surface area contributed by atoms with Gasteiger partial charge in [0.1, 0.15) is 13.2 Å². The zero-order valence-electron chi connectivity index (χ0n) is 50.9. The van der Waals surface area contributed by atoms with Gasteiger partial charge in [0.25, 0.3) is 6.29 Å². The van der Waals surface area contributed by atoms with E-state index in [2.05, 4.69) is 86.8 Å². The maximum atomic E-state index is 12.9. The first-order chi connectivity index (χ1) is 37.6. The lowest BCUT2D eigenvalue weighted by molar-refractivity contribution is -0.870. The average Bonchev–Trinajstić information content (AvgIpc) is 3.40. The van der Waals surface area contributed by atoms with Crippen LogP contribution in [0.1, 0.15) is 284 Å². The van der Waals surface area contributed by atoms with Crippen LogP contribution >= 0.6 is 0 Å². The van der Waals surface area contributed by atoms with Gasteiger partial charge in [0.15, 0.2) is 6.10 Å². The number of likely N-dealkylation sites (N-methyl/N-ethyl adjacent to an activating group) is 1. The Kier molecular flexibility index (Phi) is 56.4. The Bertz CT molecular complexity index is 1490. The second-order valence-corrected chi connectivity index (χ2v) is 22.7. The van der Waals surface area contributed by atoms with Crippen LogP contribution in [0.2, 0.25) is 0 Å². The Labute approximate surface area is 475 Å². The number of rotatable bonds is 59. The van der Waals surface area contributed by atoms with Crippen LogP contribution < -0.4 is 0 Å². The van der Waals surface area contributed by atoms with Crippen LogP contribution in [-0.4, -0.2) is 87.4 Å². The molecule has 0 spiro atoms. The van der Waals surface area contributed by atoms with Crippen molar-refractivity contribution in [2.45, 2.75) is 296 Å². The molecular formula is C68H122NO8+. The van der Waals surface area contributed by atoms with Gasteiger partial charge in [-0.2, -0.15) is 0 Å². The van der Waals surface area contributed by atoms with Gasteiger partial charge in [-0.3, -0.25) is 9.59 Å². The van der Waals surface area contributed by atoms with Gasteiger partial charge in [-0.15, -0.1) is 0 Å². The van der Waals surface area contributed by atoms with Gasteiger partial charge in [-0.1, -0.05) is 260 Å². The lowest BCUT2D eigenvalue weighted by Gasteiger charge is -2.25. The summed E-state index contributed by atoms with van der Waals surface area (Å²) < 4.78 is 22.9. The molecule has 0 aromatic rings. The fourth-order valence-corrected chi connectivity index (χ4v) is 9.04. The van der Waals surface area contributed by atoms with E-state index in [4.69, 9.17) is 18.9 Å². The molecule has 0 aromatic heterocycles. The molecule has 0 aliphatic heterocycles. The van der Waals surface area contributed by atoms with E-state index in [1.807, 2.05) is 21.1 Å². The molecule has 0 rings (SSSR count). The predicted octanol–water partition coefficient (Wildman–Crippen LogP) is 19.4. The smallest absolute Gasteiger partial charge is 0.361 e. The van der Waals surface area contributed by atoms with E-state index in [9.17, 15) is 19.5 Å². The zero-order valence-corrected chi connectivity index (χ0v) is 50.9. The van der Waals surface area contributed by atoms with E-state index in [0.29, 0.717) is 17.4 Å². The summed E-state index contributed by atoms with van der Waals surface area (Å²) in [6, 6.07) is 0. The van der Waals surface area contributed by atoms with Crippen LogP contribution in [0.3, 0.4) is 0 Å². The molecule has 2 atom stereocenters. The van der Waals surface area contributed by atoms with Crippen molar-refractivity contribution >= 4 is 17.9 Å². The second kappa shape index (κ2) is 58.9. The van der Waals surface area contributed by atoms with Crippen LogP contribution in [-0.2, 0) is 33.3 Å². The van der Waals surface area contributed by atoms with Crippen LogP contribution in [0.5, 0.6) is 0 Å². The van der Waals surface area contributed by atoms with Crippen molar-refractivity contribution in [2.75, 3.05) is 47.5 Å². The molecule has 446 valence electrons. The van der Waals surface area contributed by atoms with Crippen molar-refractivity contribution < 1.29 is 42.9 Å². The highest BCUT2D eigenvalue weighted by atomic mass is 16.7. The SMILES string of the molecule is CC/C=C\C/C=C\C/C=C\C/C=C\C/C=C\CCCCCCCCCCCCCCCCCCCCCC(=O)OC(COC(=O)CCCCCCCCC/C=C\CCCCCCCC)COC(OCC[N+](C)(C)C)C(=O)O. The first-order valence-corrected chi connectivity index (χ1v) is 32.1. The van der Waals surface area contributed by atoms with Crippen LogP contribution in [0, 0.1) is 0 Å². The Balaban J connectivity index is 4.07. The topological polar surface area (TPSA) is 108 Å². The fraction of sp³-hybridized carbons (Fsp3) is 0.779. The molecule has 1 N–H and O–H groups in total. The summed E-state index contributed by atoms with van der Waals surface area (Å²) in [5.74, 6) is -2.00. The van der Waals surface area contributed by atoms with Gasteiger partial charge >= 0.3 is 17.9 Å². The third-order valence-corrected chi connectivity index (χ3v) is 13.9. The molecule has 0 saturated carbocycles. The number of allylic oxidation sites excluding steroid dienone is 12. The molecular weight excluding hydrogens is 959 g/mol. The first-order valence-electron chi connectivity index (χ1n) is 32.1.